The quantitative estimate of drug-likeness (QED) is 0.665. The Bertz CT molecular complexity index is 331. The molecule has 1 atom stereocenters. The maximum Gasteiger partial charge on any atom is 0.160 e. The van der Waals surface area contributed by atoms with Crippen LogP contribution in [0.2, 0.25) is 0 Å². The van der Waals surface area contributed by atoms with Gasteiger partial charge in [0.2, 0.25) is 0 Å². The highest BCUT2D eigenvalue weighted by Crippen LogP contribution is 2.15. The second-order valence-corrected chi connectivity index (χ2v) is 3.66. The summed E-state index contributed by atoms with van der Waals surface area (Å²) >= 11 is 5.98. The molecule has 0 aromatic carbocycles. The van der Waals surface area contributed by atoms with Crippen molar-refractivity contribution >= 4 is 17.2 Å². The fraction of sp³-hybridized carbons (Fsp3) is 0.500. The van der Waals surface area contributed by atoms with Crippen molar-refractivity contribution in [1.82, 2.24) is 20.1 Å². The van der Waals surface area contributed by atoms with Gasteiger partial charge in [0.15, 0.2) is 5.82 Å². The summed E-state index contributed by atoms with van der Waals surface area (Å²) in [4.78, 5) is 0. The molecule has 0 spiro atoms. The topological polar surface area (TPSA) is 42.7 Å². The van der Waals surface area contributed by atoms with Crippen molar-refractivity contribution in [3.05, 3.63) is 18.2 Å². The summed E-state index contributed by atoms with van der Waals surface area (Å²) in [6.07, 6.45) is 3.72. The zero-order valence-corrected chi connectivity index (χ0v) is 8.12. The van der Waals surface area contributed by atoms with Crippen molar-refractivity contribution in [3.8, 4) is 0 Å². The molecule has 4 nitrogen and oxygen atoms in total. The number of hydrogen-bond acceptors (Lipinski definition) is 3. The van der Waals surface area contributed by atoms with Gasteiger partial charge in [0.1, 0.15) is 6.33 Å². The summed E-state index contributed by atoms with van der Waals surface area (Å²) in [6, 6.07) is 0. The SMILES string of the molecule is Cn1cnnc1C1=CC(Cl)CNC1. The Hall–Kier alpha value is -0.870. The molecule has 13 heavy (non-hydrogen) atoms. The standard InChI is InChI=1S/C8H11ClN4/c1-13-5-11-12-8(13)6-2-7(9)4-10-3-6/h2,5,7,10H,3-4H2,1H3. The van der Waals surface area contributed by atoms with E-state index in [4.69, 9.17) is 11.6 Å². The van der Waals surface area contributed by atoms with Gasteiger partial charge < -0.3 is 9.88 Å². The predicted octanol–water partition coefficient (Wildman–Crippen LogP) is 0.409. The first-order valence-corrected chi connectivity index (χ1v) is 4.61. The average molecular weight is 199 g/mol. The van der Waals surface area contributed by atoms with Crippen LogP contribution < -0.4 is 5.32 Å². The van der Waals surface area contributed by atoms with Gasteiger partial charge in [-0.15, -0.1) is 21.8 Å². The number of aryl methyl sites for hydroxylation is 1. The lowest BCUT2D eigenvalue weighted by molar-refractivity contribution is 0.732. The molecule has 1 aliphatic heterocycles. The average Bonchev–Trinajstić information content (AvgIpc) is 2.51. The third-order valence-electron chi connectivity index (χ3n) is 2.04. The van der Waals surface area contributed by atoms with E-state index < -0.39 is 0 Å². The highest BCUT2D eigenvalue weighted by Gasteiger charge is 2.14. The maximum atomic E-state index is 5.98. The molecule has 2 heterocycles. The van der Waals surface area contributed by atoms with E-state index in [-0.39, 0.29) is 5.38 Å². The highest BCUT2D eigenvalue weighted by atomic mass is 35.5. The van der Waals surface area contributed by atoms with Crippen LogP contribution in [0.25, 0.3) is 5.57 Å². The summed E-state index contributed by atoms with van der Waals surface area (Å²) in [5.74, 6) is 0.887. The summed E-state index contributed by atoms with van der Waals surface area (Å²) in [5, 5.41) is 11.1. The van der Waals surface area contributed by atoms with Crippen LogP contribution in [-0.4, -0.2) is 33.2 Å². The van der Waals surface area contributed by atoms with E-state index in [0.29, 0.717) is 0 Å². The zero-order valence-electron chi connectivity index (χ0n) is 7.37. The molecule has 0 aliphatic carbocycles. The van der Waals surface area contributed by atoms with Crippen LogP contribution in [0.5, 0.6) is 0 Å². The molecule has 0 saturated carbocycles. The first kappa shape index (κ1) is 8.72. The first-order valence-electron chi connectivity index (χ1n) is 4.17. The Kier molecular flexibility index (Phi) is 2.33. The minimum absolute atomic E-state index is 0.0560. The lowest BCUT2D eigenvalue weighted by Crippen LogP contribution is -2.29. The van der Waals surface area contributed by atoms with Gasteiger partial charge >= 0.3 is 0 Å². The normalized spacial score (nSPS) is 22.9. The zero-order chi connectivity index (χ0) is 9.26. The van der Waals surface area contributed by atoms with E-state index >= 15 is 0 Å². The number of nitrogens with zero attached hydrogens (tertiary/aromatic N) is 3. The molecule has 70 valence electrons. The largest absolute Gasteiger partial charge is 0.317 e. The second kappa shape index (κ2) is 3.47. The van der Waals surface area contributed by atoms with Crippen molar-refractivity contribution in [1.29, 1.82) is 0 Å². The minimum Gasteiger partial charge on any atom is -0.317 e. The van der Waals surface area contributed by atoms with Crippen LogP contribution in [0.15, 0.2) is 12.4 Å². The van der Waals surface area contributed by atoms with Crippen molar-refractivity contribution in [2.45, 2.75) is 5.38 Å². The number of rotatable bonds is 1. The van der Waals surface area contributed by atoms with Gasteiger partial charge in [-0.2, -0.15) is 0 Å². The van der Waals surface area contributed by atoms with E-state index in [1.807, 2.05) is 17.7 Å². The summed E-state index contributed by atoms with van der Waals surface area (Å²) in [5.41, 5.74) is 1.12. The van der Waals surface area contributed by atoms with Crippen LogP contribution in [0.3, 0.4) is 0 Å². The van der Waals surface area contributed by atoms with Gasteiger partial charge in [0, 0.05) is 25.7 Å². The Labute approximate surface area is 81.6 Å². The molecule has 0 amide bonds. The van der Waals surface area contributed by atoms with Gasteiger partial charge in [0.25, 0.3) is 0 Å². The number of alkyl halides is 1. The summed E-state index contributed by atoms with van der Waals surface area (Å²) in [6.45, 7) is 1.64. The Morgan fingerprint density at radius 3 is 3.15 bits per heavy atom. The van der Waals surface area contributed by atoms with Crippen LogP contribution in [-0.2, 0) is 7.05 Å². The molecule has 0 fully saturated rings. The van der Waals surface area contributed by atoms with Crippen LogP contribution in [0.4, 0.5) is 0 Å². The van der Waals surface area contributed by atoms with Crippen molar-refractivity contribution in [2.24, 2.45) is 7.05 Å². The molecule has 1 aliphatic rings. The Morgan fingerprint density at radius 2 is 2.54 bits per heavy atom. The lowest BCUT2D eigenvalue weighted by atomic mass is 10.1. The smallest absolute Gasteiger partial charge is 0.160 e. The number of nitrogens with one attached hydrogen (secondary N) is 1. The molecule has 0 radical (unpaired) electrons. The number of aromatic nitrogens is 3. The maximum absolute atomic E-state index is 5.98. The first-order chi connectivity index (χ1) is 6.27. The molecule has 0 saturated heterocycles. The molecule has 1 unspecified atom stereocenters. The van der Waals surface area contributed by atoms with E-state index in [2.05, 4.69) is 15.5 Å². The van der Waals surface area contributed by atoms with E-state index in [1.54, 1.807) is 6.33 Å². The van der Waals surface area contributed by atoms with Gasteiger partial charge in [-0.1, -0.05) is 6.08 Å². The molecule has 1 aromatic heterocycles. The Morgan fingerprint density at radius 1 is 1.69 bits per heavy atom. The number of hydrogen-bond donors (Lipinski definition) is 1. The third kappa shape index (κ3) is 1.73. The van der Waals surface area contributed by atoms with Crippen LogP contribution >= 0.6 is 11.6 Å². The third-order valence-corrected chi connectivity index (χ3v) is 2.32. The molecule has 5 heteroatoms. The van der Waals surface area contributed by atoms with E-state index in [9.17, 15) is 0 Å². The molecule has 0 bridgehead atoms. The van der Waals surface area contributed by atoms with Crippen molar-refractivity contribution < 1.29 is 0 Å². The molecule has 2 rings (SSSR count). The predicted molar refractivity (Wildman–Crippen MR) is 51.5 cm³/mol. The van der Waals surface area contributed by atoms with Gasteiger partial charge in [-0.3, -0.25) is 0 Å². The van der Waals surface area contributed by atoms with Gasteiger partial charge in [-0.25, -0.2) is 0 Å². The van der Waals surface area contributed by atoms with Crippen LogP contribution in [0, 0.1) is 0 Å². The summed E-state index contributed by atoms with van der Waals surface area (Å²) in [7, 11) is 1.92. The molecular formula is C8H11ClN4. The molecular weight excluding hydrogens is 188 g/mol. The summed E-state index contributed by atoms with van der Waals surface area (Å²) < 4.78 is 1.89. The monoisotopic (exact) mass is 198 g/mol. The second-order valence-electron chi connectivity index (χ2n) is 3.10. The van der Waals surface area contributed by atoms with E-state index in [0.717, 1.165) is 24.5 Å². The fourth-order valence-electron chi connectivity index (χ4n) is 1.41. The van der Waals surface area contributed by atoms with Gasteiger partial charge in [0.05, 0.1) is 5.38 Å². The van der Waals surface area contributed by atoms with E-state index in [1.165, 1.54) is 0 Å². The number of halogens is 1. The minimum atomic E-state index is 0.0560. The van der Waals surface area contributed by atoms with Crippen molar-refractivity contribution in [2.75, 3.05) is 13.1 Å². The van der Waals surface area contributed by atoms with Crippen LogP contribution in [0.1, 0.15) is 5.82 Å². The molecule has 1 aromatic rings. The molecule has 1 N–H and O–H groups in total. The Balaban J connectivity index is 2.30. The van der Waals surface area contributed by atoms with Crippen molar-refractivity contribution in [3.63, 3.8) is 0 Å². The lowest BCUT2D eigenvalue weighted by Gasteiger charge is -2.16. The van der Waals surface area contributed by atoms with Gasteiger partial charge in [-0.05, 0) is 0 Å². The fourth-order valence-corrected chi connectivity index (χ4v) is 1.67. The highest BCUT2D eigenvalue weighted by molar-refractivity contribution is 6.22.